The van der Waals surface area contributed by atoms with Crippen molar-refractivity contribution in [2.45, 2.75) is 0 Å². The number of aromatic nitrogens is 1. The topological polar surface area (TPSA) is 21.3 Å². The maximum absolute atomic E-state index is 6.56. The van der Waals surface area contributed by atoms with Crippen molar-refractivity contribution in [3.63, 3.8) is 0 Å². The molecule has 3 nitrogen and oxygen atoms in total. The third-order valence-electron chi connectivity index (χ3n) is 12.0. The minimum absolute atomic E-state index is 0.853. The zero-order valence-electron chi connectivity index (χ0n) is 32.1. The van der Waals surface area contributed by atoms with Gasteiger partial charge >= 0.3 is 0 Å². The highest BCUT2D eigenvalue weighted by molar-refractivity contribution is 6.17. The normalized spacial score (nSPS) is 11.7. The van der Waals surface area contributed by atoms with Gasteiger partial charge in [-0.25, -0.2) is 0 Å². The number of furan rings is 1. The van der Waals surface area contributed by atoms with Gasteiger partial charge in [-0.1, -0.05) is 152 Å². The molecule has 0 amide bonds. The molecule has 12 rings (SSSR count). The van der Waals surface area contributed by atoms with Crippen molar-refractivity contribution in [2.75, 3.05) is 4.90 Å². The lowest BCUT2D eigenvalue weighted by Crippen LogP contribution is -2.13. The Morgan fingerprint density at radius 2 is 0.932 bits per heavy atom. The van der Waals surface area contributed by atoms with Crippen LogP contribution in [0.1, 0.15) is 0 Å². The Balaban J connectivity index is 1.21. The lowest BCUT2D eigenvalue weighted by molar-refractivity contribution is 0.669. The van der Waals surface area contributed by atoms with Gasteiger partial charge in [0.15, 0.2) is 0 Å². The minimum Gasteiger partial charge on any atom is -0.456 e. The molecule has 2 aromatic heterocycles. The number of rotatable bonds is 6. The van der Waals surface area contributed by atoms with E-state index in [4.69, 9.17) is 4.42 Å². The van der Waals surface area contributed by atoms with Crippen LogP contribution in [0.4, 0.5) is 17.1 Å². The van der Waals surface area contributed by atoms with Crippen molar-refractivity contribution in [3.05, 3.63) is 218 Å². The molecular formula is C56H36N2O. The quantitative estimate of drug-likeness (QED) is 0.158. The second kappa shape index (κ2) is 13.4. The first-order valence-corrected chi connectivity index (χ1v) is 20.2. The van der Waals surface area contributed by atoms with E-state index in [0.29, 0.717) is 0 Å². The highest BCUT2D eigenvalue weighted by Gasteiger charge is 2.25. The molecular weight excluding hydrogens is 717 g/mol. The zero-order chi connectivity index (χ0) is 38.9. The van der Waals surface area contributed by atoms with Crippen molar-refractivity contribution in [3.8, 4) is 27.9 Å². The summed E-state index contributed by atoms with van der Waals surface area (Å²) in [5.74, 6) is 0. The molecule has 0 aliphatic carbocycles. The number of benzene rings is 10. The molecule has 0 atom stereocenters. The average molecular weight is 753 g/mol. The van der Waals surface area contributed by atoms with Crippen molar-refractivity contribution in [1.82, 2.24) is 4.57 Å². The van der Waals surface area contributed by atoms with Gasteiger partial charge in [0.1, 0.15) is 11.2 Å². The molecule has 0 bridgehead atoms. The van der Waals surface area contributed by atoms with Gasteiger partial charge in [0.2, 0.25) is 0 Å². The lowest BCUT2D eigenvalue weighted by Gasteiger charge is -2.30. The first-order chi connectivity index (χ1) is 29.3. The summed E-state index contributed by atoms with van der Waals surface area (Å²) in [5, 5.41) is 9.54. The average Bonchev–Trinajstić information content (AvgIpc) is 3.85. The summed E-state index contributed by atoms with van der Waals surface area (Å²) in [6.07, 6.45) is 0. The van der Waals surface area contributed by atoms with E-state index in [1.807, 2.05) is 12.1 Å². The second-order valence-electron chi connectivity index (χ2n) is 15.3. The van der Waals surface area contributed by atoms with Crippen molar-refractivity contribution < 1.29 is 4.42 Å². The van der Waals surface area contributed by atoms with Gasteiger partial charge in [-0.3, -0.25) is 0 Å². The van der Waals surface area contributed by atoms with E-state index in [1.54, 1.807) is 0 Å². The van der Waals surface area contributed by atoms with Gasteiger partial charge in [0.05, 0.1) is 22.4 Å². The Bertz CT molecular complexity index is 3500. The SMILES string of the molecule is c1ccc(-c2ccc(N(c3ccc4c(c3)oc3ccccc34)c3cccc(-n4c5ccccc5c5ccccc54)c3-c3cc4ccccc4c4ccccc34)cc2)cc1. The monoisotopic (exact) mass is 752 g/mol. The Labute approximate surface area is 341 Å². The Morgan fingerprint density at radius 3 is 1.69 bits per heavy atom. The van der Waals surface area contributed by atoms with Gasteiger partial charge < -0.3 is 13.9 Å². The van der Waals surface area contributed by atoms with E-state index in [0.717, 1.165) is 50.3 Å². The van der Waals surface area contributed by atoms with E-state index in [-0.39, 0.29) is 0 Å². The van der Waals surface area contributed by atoms with Crippen LogP contribution in [-0.2, 0) is 0 Å². The van der Waals surface area contributed by atoms with E-state index in [2.05, 4.69) is 216 Å². The zero-order valence-corrected chi connectivity index (χ0v) is 32.1. The van der Waals surface area contributed by atoms with Gasteiger partial charge in [-0.15, -0.1) is 0 Å². The standard InChI is InChI=1S/C56H36N2O/c1-2-15-37(16-3-1)38-29-31-40(32-30-38)57(41-33-34-48-47-23-10-13-28-54(47)59-55(48)36-41)52-26-14-27-53(58-50-24-11-8-21-45(50)46-22-9-12-25-51(46)58)56(52)49-35-39-17-4-5-18-42(39)43-19-6-7-20-44(43)49/h1-36H. The molecule has 0 spiro atoms. The molecule has 0 aliphatic rings. The summed E-state index contributed by atoms with van der Waals surface area (Å²) in [7, 11) is 0. The largest absolute Gasteiger partial charge is 0.456 e. The van der Waals surface area contributed by atoms with Crippen molar-refractivity contribution in [2.24, 2.45) is 0 Å². The molecule has 0 N–H and O–H groups in total. The lowest BCUT2D eigenvalue weighted by atomic mass is 9.90. The minimum atomic E-state index is 0.853. The van der Waals surface area contributed by atoms with Gasteiger partial charge in [0.25, 0.3) is 0 Å². The number of anilines is 3. The summed E-state index contributed by atoms with van der Waals surface area (Å²) in [4.78, 5) is 2.41. The fraction of sp³-hybridized carbons (Fsp3) is 0. The summed E-state index contributed by atoms with van der Waals surface area (Å²) >= 11 is 0. The number of nitrogens with zero attached hydrogens (tertiary/aromatic N) is 2. The van der Waals surface area contributed by atoms with Crippen LogP contribution in [0.5, 0.6) is 0 Å². The molecule has 3 heteroatoms. The van der Waals surface area contributed by atoms with Gasteiger partial charge in [-0.2, -0.15) is 0 Å². The number of hydrogen-bond donors (Lipinski definition) is 0. The van der Waals surface area contributed by atoms with Crippen LogP contribution >= 0.6 is 0 Å². The molecule has 10 aromatic carbocycles. The van der Waals surface area contributed by atoms with Crippen molar-refractivity contribution >= 4 is 82.4 Å². The van der Waals surface area contributed by atoms with Crippen LogP contribution in [-0.4, -0.2) is 4.57 Å². The molecule has 2 heterocycles. The van der Waals surface area contributed by atoms with E-state index >= 15 is 0 Å². The molecule has 0 unspecified atom stereocenters. The summed E-state index contributed by atoms with van der Waals surface area (Å²) in [6.45, 7) is 0. The molecule has 0 saturated carbocycles. The number of fused-ring (bicyclic) bond motifs is 9. The number of hydrogen-bond acceptors (Lipinski definition) is 2. The summed E-state index contributed by atoms with van der Waals surface area (Å²) in [5.41, 5.74) is 13.0. The van der Waals surface area contributed by atoms with Crippen molar-refractivity contribution in [1.29, 1.82) is 0 Å². The molecule has 0 radical (unpaired) electrons. The third kappa shape index (κ3) is 5.29. The number of para-hydroxylation sites is 3. The molecule has 276 valence electrons. The Kier molecular flexibility index (Phi) is 7.54. The molecule has 0 aliphatic heterocycles. The highest BCUT2D eigenvalue weighted by Crippen LogP contribution is 2.49. The molecule has 0 fully saturated rings. The van der Waals surface area contributed by atoms with E-state index in [9.17, 15) is 0 Å². The fourth-order valence-electron chi connectivity index (χ4n) is 9.33. The van der Waals surface area contributed by atoms with Gasteiger partial charge in [0, 0.05) is 44.5 Å². The second-order valence-corrected chi connectivity index (χ2v) is 15.3. The predicted molar refractivity (Wildman–Crippen MR) is 249 cm³/mol. The molecule has 0 saturated heterocycles. The van der Waals surface area contributed by atoms with Crippen LogP contribution in [0.3, 0.4) is 0 Å². The molecule has 59 heavy (non-hydrogen) atoms. The first kappa shape index (κ1) is 33.3. The smallest absolute Gasteiger partial charge is 0.137 e. The first-order valence-electron chi connectivity index (χ1n) is 20.2. The van der Waals surface area contributed by atoms with E-state index < -0.39 is 0 Å². The predicted octanol–water partition coefficient (Wildman–Crippen LogP) is 15.8. The van der Waals surface area contributed by atoms with Crippen LogP contribution in [0.15, 0.2) is 223 Å². The van der Waals surface area contributed by atoms with Crippen LogP contribution in [0.25, 0.3) is 93.2 Å². The van der Waals surface area contributed by atoms with Crippen LogP contribution in [0, 0.1) is 0 Å². The highest BCUT2D eigenvalue weighted by atomic mass is 16.3. The maximum Gasteiger partial charge on any atom is 0.137 e. The van der Waals surface area contributed by atoms with E-state index in [1.165, 1.54) is 60.0 Å². The van der Waals surface area contributed by atoms with Crippen LogP contribution in [0.2, 0.25) is 0 Å². The maximum atomic E-state index is 6.56. The summed E-state index contributed by atoms with van der Waals surface area (Å²) in [6, 6.07) is 78.9. The fourth-order valence-corrected chi connectivity index (χ4v) is 9.33. The summed E-state index contributed by atoms with van der Waals surface area (Å²) < 4.78 is 9.03. The Morgan fingerprint density at radius 1 is 0.356 bits per heavy atom. The Hall–Kier alpha value is -7.88. The van der Waals surface area contributed by atoms with Crippen LogP contribution < -0.4 is 4.90 Å². The third-order valence-corrected chi connectivity index (χ3v) is 12.0. The molecule has 12 aromatic rings. The van der Waals surface area contributed by atoms with Gasteiger partial charge in [-0.05, 0) is 98.9 Å².